The van der Waals surface area contributed by atoms with Gasteiger partial charge in [-0.15, -0.1) is 11.8 Å². The molecule has 0 spiro atoms. The van der Waals surface area contributed by atoms with Gasteiger partial charge in [0, 0.05) is 48.2 Å². The summed E-state index contributed by atoms with van der Waals surface area (Å²) in [5.74, 6) is 2.07. The lowest BCUT2D eigenvalue weighted by molar-refractivity contribution is -0.131. The van der Waals surface area contributed by atoms with E-state index in [1.54, 1.807) is 18.9 Å². The van der Waals surface area contributed by atoms with Crippen LogP contribution in [-0.2, 0) is 4.79 Å². The van der Waals surface area contributed by atoms with E-state index in [0.717, 1.165) is 49.1 Å². The molecule has 0 bridgehead atoms. The maximum Gasteiger partial charge on any atom is 0.222 e. The predicted octanol–water partition coefficient (Wildman–Crippen LogP) is 4.57. The van der Waals surface area contributed by atoms with Crippen LogP contribution < -0.4 is 9.64 Å². The molecule has 0 aliphatic carbocycles. The van der Waals surface area contributed by atoms with Crippen LogP contribution in [0.2, 0.25) is 5.02 Å². The van der Waals surface area contributed by atoms with Crippen molar-refractivity contribution >= 4 is 35.0 Å². The van der Waals surface area contributed by atoms with Crippen molar-refractivity contribution in [3.8, 4) is 5.75 Å². The Bertz CT molecular complexity index is 729. The Kier molecular flexibility index (Phi) is 7.30. The van der Waals surface area contributed by atoms with Gasteiger partial charge in [-0.1, -0.05) is 11.6 Å². The van der Waals surface area contributed by atoms with Crippen LogP contribution in [0.5, 0.6) is 5.75 Å². The zero-order valence-electron chi connectivity index (χ0n) is 15.6. The number of carbonyl (C=O) groups excluding carboxylic acids is 1. The summed E-state index contributed by atoms with van der Waals surface area (Å²) in [5.41, 5.74) is 1.18. The summed E-state index contributed by atoms with van der Waals surface area (Å²) in [4.78, 5) is 18.0. The number of nitrogens with zero attached hydrogens (tertiary/aromatic N) is 2. The van der Waals surface area contributed by atoms with E-state index in [1.807, 2.05) is 41.3 Å². The fraction of sp³-hybridized carbons (Fsp3) is 0.381. The van der Waals surface area contributed by atoms with Crippen LogP contribution in [0.1, 0.15) is 12.8 Å². The summed E-state index contributed by atoms with van der Waals surface area (Å²) in [6, 6.07) is 15.9. The molecule has 27 heavy (non-hydrogen) atoms. The van der Waals surface area contributed by atoms with Crippen molar-refractivity contribution in [2.45, 2.75) is 17.7 Å². The lowest BCUT2D eigenvalue weighted by atomic mass is 10.2. The molecule has 2 aromatic carbocycles. The van der Waals surface area contributed by atoms with E-state index in [4.69, 9.17) is 16.3 Å². The van der Waals surface area contributed by atoms with Crippen LogP contribution in [0.4, 0.5) is 5.69 Å². The molecule has 0 N–H and O–H groups in total. The molecular formula is C21H25ClN2O2S. The Morgan fingerprint density at radius 1 is 1.04 bits per heavy atom. The average Bonchev–Trinajstić information content (AvgIpc) is 2.72. The number of piperazine rings is 1. The largest absolute Gasteiger partial charge is 0.497 e. The van der Waals surface area contributed by atoms with Gasteiger partial charge >= 0.3 is 0 Å². The Morgan fingerprint density at radius 2 is 1.70 bits per heavy atom. The van der Waals surface area contributed by atoms with Gasteiger partial charge in [0.2, 0.25) is 5.91 Å². The van der Waals surface area contributed by atoms with Crippen molar-refractivity contribution in [2.75, 3.05) is 43.9 Å². The molecule has 0 unspecified atom stereocenters. The average molecular weight is 405 g/mol. The van der Waals surface area contributed by atoms with Crippen molar-refractivity contribution < 1.29 is 9.53 Å². The summed E-state index contributed by atoms with van der Waals surface area (Å²) >= 11 is 7.67. The van der Waals surface area contributed by atoms with Crippen molar-refractivity contribution in [1.29, 1.82) is 0 Å². The molecule has 1 fully saturated rings. The number of anilines is 1. The number of benzene rings is 2. The first-order chi connectivity index (χ1) is 13.2. The highest BCUT2D eigenvalue weighted by atomic mass is 35.5. The number of thioether (sulfide) groups is 1. The van der Waals surface area contributed by atoms with E-state index in [9.17, 15) is 4.79 Å². The Balaban J connectivity index is 1.37. The number of carbonyl (C=O) groups is 1. The quantitative estimate of drug-likeness (QED) is 0.500. The summed E-state index contributed by atoms with van der Waals surface area (Å²) in [7, 11) is 1.67. The Hall–Kier alpha value is -1.85. The van der Waals surface area contributed by atoms with Gasteiger partial charge in [0.05, 0.1) is 7.11 Å². The molecule has 1 amide bonds. The number of hydrogen-bond acceptors (Lipinski definition) is 4. The number of rotatable bonds is 7. The van der Waals surface area contributed by atoms with Crippen molar-refractivity contribution in [2.24, 2.45) is 0 Å². The van der Waals surface area contributed by atoms with E-state index in [1.165, 1.54) is 10.6 Å². The van der Waals surface area contributed by atoms with E-state index in [-0.39, 0.29) is 5.91 Å². The summed E-state index contributed by atoms with van der Waals surface area (Å²) in [6.07, 6.45) is 1.51. The van der Waals surface area contributed by atoms with Crippen molar-refractivity contribution in [3.63, 3.8) is 0 Å². The Labute approximate surface area is 170 Å². The smallest absolute Gasteiger partial charge is 0.222 e. The minimum absolute atomic E-state index is 0.265. The highest BCUT2D eigenvalue weighted by Crippen LogP contribution is 2.23. The number of halogens is 1. The molecule has 144 valence electrons. The van der Waals surface area contributed by atoms with Gasteiger partial charge in [-0.3, -0.25) is 4.79 Å². The van der Waals surface area contributed by atoms with E-state index < -0.39 is 0 Å². The van der Waals surface area contributed by atoms with Crippen LogP contribution in [-0.4, -0.2) is 49.8 Å². The van der Waals surface area contributed by atoms with Gasteiger partial charge in [0.1, 0.15) is 5.75 Å². The van der Waals surface area contributed by atoms with Crippen LogP contribution >= 0.6 is 23.4 Å². The molecule has 1 heterocycles. The van der Waals surface area contributed by atoms with Gasteiger partial charge in [-0.05, 0) is 60.7 Å². The van der Waals surface area contributed by atoms with E-state index in [0.29, 0.717) is 6.42 Å². The highest BCUT2D eigenvalue weighted by Gasteiger charge is 2.20. The lowest BCUT2D eigenvalue weighted by Gasteiger charge is -2.36. The summed E-state index contributed by atoms with van der Waals surface area (Å²) < 4.78 is 5.21. The monoisotopic (exact) mass is 404 g/mol. The first-order valence-electron chi connectivity index (χ1n) is 9.21. The topological polar surface area (TPSA) is 32.8 Å². The highest BCUT2D eigenvalue weighted by molar-refractivity contribution is 7.99. The third-order valence-corrected chi connectivity index (χ3v) is 6.04. The van der Waals surface area contributed by atoms with Crippen LogP contribution in [0.3, 0.4) is 0 Å². The molecule has 6 heteroatoms. The number of hydrogen-bond donors (Lipinski definition) is 0. The van der Waals surface area contributed by atoms with Gasteiger partial charge in [0.15, 0.2) is 0 Å². The molecule has 2 aromatic rings. The minimum atomic E-state index is 0.265. The predicted molar refractivity (Wildman–Crippen MR) is 113 cm³/mol. The fourth-order valence-corrected chi connectivity index (χ4v) is 4.09. The fourth-order valence-electron chi connectivity index (χ4n) is 3.11. The standard InChI is InChI=1S/C21H25ClN2O2S/c1-26-19-8-6-18(7-9-19)23-12-14-24(15-13-23)21(25)3-2-16-27-20-10-4-17(22)5-11-20/h4-11H,2-3,12-16H2,1H3. The molecule has 3 rings (SSSR count). The molecule has 0 atom stereocenters. The Morgan fingerprint density at radius 3 is 2.33 bits per heavy atom. The van der Waals surface area contributed by atoms with Gasteiger partial charge < -0.3 is 14.5 Å². The van der Waals surface area contributed by atoms with Gasteiger partial charge in [0.25, 0.3) is 0 Å². The van der Waals surface area contributed by atoms with Gasteiger partial charge in [-0.2, -0.15) is 0 Å². The number of methoxy groups -OCH3 is 1. The first kappa shape index (κ1) is 19.9. The van der Waals surface area contributed by atoms with Crippen LogP contribution in [0.25, 0.3) is 0 Å². The molecule has 1 aliphatic heterocycles. The molecule has 0 aromatic heterocycles. The van der Waals surface area contributed by atoms with Gasteiger partial charge in [-0.25, -0.2) is 0 Å². The van der Waals surface area contributed by atoms with Crippen molar-refractivity contribution in [1.82, 2.24) is 4.90 Å². The number of ether oxygens (including phenoxy) is 1. The van der Waals surface area contributed by atoms with Crippen LogP contribution in [0, 0.1) is 0 Å². The normalized spacial score (nSPS) is 14.3. The van der Waals surface area contributed by atoms with Crippen molar-refractivity contribution in [3.05, 3.63) is 53.6 Å². The minimum Gasteiger partial charge on any atom is -0.497 e. The zero-order valence-corrected chi connectivity index (χ0v) is 17.1. The zero-order chi connectivity index (χ0) is 19.1. The second kappa shape index (κ2) is 9.90. The molecule has 0 radical (unpaired) electrons. The second-order valence-corrected chi connectivity index (χ2v) is 8.08. The molecule has 1 aliphatic rings. The van der Waals surface area contributed by atoms with E-state index >= 15 is 0 Å². The maximum absolute atomic E-state index is 12.4. The maximum atomic E-state index is 12.4. The molecule has 0 saturated carbocycles. The third-order valence-electron chi connectivity index (χ3n) is 4.69. The summed E-state index contributed by atoms with van der Waals surface area (Å²) in [6.45, 7) is 3.32. The second-order valence-electron chi connectivity index (χ2n) is 6.47. The third kappa shape index (κ3) is 5.81. The number of amides is 1. The molecular weight excluding hydrogens is 380 g/mol. The lowest BCUT2D eigenvalue weighted by Crippen LogP contribution is -2.48. The molecule has 1 saturated heterocycles. The first-order valence-corrected chi connectivity index (χ1v) is 10.6. The van der Waals surface area contributed by atoms with Crippen LogP contribution in [0.15, 0.2) is 53.4 Å². The molecule has 4 nitrogen and oxygen atoms in total. The SMILES string of the molecule is COc1ccc(N2CCN(C(=O)CCCSc3ccc(Cl)cc3)CC2)cc1. The summed E-state index contributed by atoms with van der Waals surface area (Å²) in [5, 5.41) is 0.753. The van der Waals surface area contributed by atoms with E-state index in [2.05, 4.69) is 17.0 Å².